The summed E-state index contributed by atoms with van der Waals surface area (Å²) in [5, 5.41) is 3.49. The third kappa shape index (κ3) is 2.06. The van der Waals surface area contributed by atoms with E-state index in [2.05, 4.69) is 10.3 Å². The second-order valence-corrected chi connectivity index (χ2v) is 4.72. The first-order valence-corrected chi connectivity index (χ1v) is 6.01. The molecule has 1 aliphatic rings. The number of aromatic nitrogens is 1. The lowest BCUT2D eigenvalue weighted by molar-refractivity contribution is 0.0952. The zero-order chi connectivity index (χ0) is 12.7. The molecule has 0 saturated heterocycles. The van der Waals surface area contributed by atoms with Crippen LogP contribution in [0.3, 0.4) is 0 Å². The molecule has 1 aromatic heterocycles. The van der Waals surface area contributed by atoms with Crippen LogP contribution in [0.15, 0.2) is 24.3 Å². The van der Waals surface area contributed by atoms with Crippen molar-refractivity contribution in [1.82, 2.24) is 10.3 Å². The summed E-state index contributed by atoms with van der Waals surface area (Å²) in [5.74, 6) is -0.493. The van der Waals surface area contributed by atoms with E-state index in [-0.39, 0.29) is 17.8 Å². The number of hydrogen-bond donors (Lipinski definition) is 1. The molecular formula is C14H13FN2O. The van der Waals surface area contributed by atoms with Gasteiger partial charge in [-0.25, -0.2) is 4.39 Å². The smallest absolute Gasteiger partial charge is 0.252 e. The maximum absolute atomic E-state index is 13.3. The highest BCUT2D eigenvalue weighted by molar-refractivity contribution is 6.06. The van der Waals surface area contributed by atoms with Crippen LogP contribution in [0, 0.1) is 12.7 Å². The topological polar surface area (TPSA) is 42.0 Å². The van der Waals surface area contributed by atoms with Gasteiger partial charge in [-0.15, -0.1) is 0 Å². The van der Waals surface area contributed by atoms with Crippen LogP contribution in [0.2, 0.25) is 0 Å². The Hall–Kier alpha value is -1.97. The molecule has 1 amide bonds. The van der Waals surface area contributed by atoms with Gasteiger partial charge in [-0.3, -0.25) is 9.78 Å². The van der Waals surface area contributed by atoms with E-state index in [1.165, 1.54) is 12.1 Å². The van der Waals surface area contributed by atoms with Crippen LogP contribution < -0.4 is 5.32 Å². The average molecular weight is 244 g/mol. The Kier molecular flexibility index (Phi) is 2.51. The van der Waals surface area contributed by atoms with E-state index in [0.717, 1.165) is 18.5 Å². The van der Waals surface area contributed by atoms with Gasteiger partial charge in [0.2, 0.25) is 0 Å². The summed E-state index contributed by atoms with van der Waals surface area (Å²) < 4.78 is 13.3. The van der Waals surface area contributed by atoms with E-state index in [0.29, 0.717) is 16.5 Å². The van der Waals surface area contributed by atoms with Crippen LogP contribution in [0.25, 0.3) is 10.9 Å². The Morgan fingerprint density at radius 3 is 2.89 bits per heavy atom. The first-order valence-electron chi connectivity index (χ1n) is 6.01. The largest absolute Gasteiger partial charge is 0.349 e. The first-order chi connectivity index (χ1) is 8.63. The Labute approximate surface area is 104 Å². The SMILES string of the molecule is Cc1cc(C(=O)NC2CC2)c2cc(F)ccc2n1. The zero-order valence-corrected chi connectivity index (χ0v) is 10.0. The normalized spacial score (nSPS) is 14.8. The van der Waals surface area contributed by atoms with Gasteiger partial charge in [0.25, 0.3) is 5.91 Å². The number of nitrogens with zero attached hydrogens (tertiary/aromatic N) is 1. The van der Waals surface area contributed by atoms with Gasteiger partial charge in [0, 0.05) is 17.1 Å². The lowest BCUT2D eigenvalue weighted by Crippen LogP contribution is -2.25. The number of carbonyl (C=O) groups excluding carboxylic acids is 1. The molecule has 4 heteroatoms. The summed E-state index contributed by atoms with van der Waals surface area (Å²) in [6.45, 7) is 1.83. The number of halogens is 1. The number of benzene rings is 1. The Bertz CT molecular complexity index is 635. The second kappa shape index (κ2) is 4.05. The third-order valence-electron chi connectivity index (χ3n) is 3.06. The molecule has 18 heavy (non-hydrogen) atoms. The maximum atomic E-state index is 13.3. The van der Waals surface area contributed by atoms with Crippen molar-refractivity contribution in [3.8, 4) is 0 Å². The highest BCUT2D eigenvalue weighted by Crippen LogP contribution is 2.23. The minimum absolute atomic E-state index is 0.140. The molecule has 2 aromatic rings. The van der Waals surface area contributed by atoms with Gasteiger partial charge in [-0.2, -0.15) is 0 Å². The fraction of sp³-hybridized carbons (Fsp3) is 0.286. The van der Waals surface area contributed by atoms with Crippen molar-refractivity contribution >= 4 is 16.8 Å². The molecule has 0 radical (unpaired) electrons. The number of carbonyl (C=O) groups is 1. The quantitative estimate of drug-likeness (QED) is 0.882. The molecule has 0 spiro atoms. The zero-order valence-electron chi connectivity index (χ0n) is 10.0. The van der Waals surface area contributed by atoms with Crippen molar-refractivity contribution in [3.63, 3.8) is 0 Å². The van der Waals surface area contributed by atoms with Crippen LogP contribution in [0.4, 0.5) is 4.39 Å². The predicted octanol–water partition coefficient (Wildman–Crippen LogP) is 2.57. The fourth-order valence-electron chi connectivity index (χ4n) is 2.01. The molecule has 0 unspecified atom stereocenters. The van der Waals surface area contributed by atoms with E-state index >= 15 is 0 Å². The fourth-order valence-corrected chi connectivity index (χ4v) is 2.01. The molecule has 1 N–H and O–H groups in total. The molecule has 0 aliphatic heterocycles. The molecule has 3 nitrogen and oxygen atoms in total. The van der Waals surface area contributed by atoms with Gasteiger partial charge in [0.05, 0.1) is 11.1 Å². The lowest BCUT2D eigenvalue weighted by atomic mass is 10.1. The van der Waals surface area contributed by atoms with Crippen molar-refractivity contribution in [2.24, 2.45) is 0 Å². The van der Waals surface area contributed by atoms with Crippen LogP contribution >= 0.6 is 0 Å². The molecular weight excluding hydrogens is 231 g/mol. The first kappa shape index (κ1) is 11.1. The summed E-state index contributed by atoms with van der Waals surface area (Å²) in [5.41, 5.74) is 1.91. The second-order valence-electron chi connectivity index (χ2n) is 4.72. The number of aryl methyl sites for hydroxylation is 1. The van der Waals surface area contributed by atoms with E-state index in [1.807, 2.05) is 6.92 Å². The number of pyridine rings is 1. The molecule has 92 valence electrons. The van der Waals surface area contributed by atoms with Crippen LogP contribution in [-0.2, 0) is 0 Å². The Balaban J connectivity index is 2.12. The Morgan fingerprint density at radius 1 is 1.39 bits per heavy atom. The lowest BCUT2D eigenvalue weighted by Gasteiger charge is -2.08. The summed E-state index contributed by atoms with van der Waals surface area (Å²) in [7, 11) is 0. The third-order valence-corrected chi connectivity index (χ3v) is 3.06. The van der Waals surface area contributed by atoms with Crippen molar-refractivity contribution in [2.45, 2.75) is 25.8 Å². The van der Waals surface area contributed by atoms with E-state index < -0.39 is 0 Å². The van der Waals surface area contributed by atoms with Crippen LogP contribution in [-0.4, -0.2) is 16.9 Å². The van der Waals surface area contributed by atoms with Crippen LogP contribution in [0.5, 0.6) is 0 Å². The standard InChI is InChI=1S/C14H13FN2O/c1-8-6-12(14(18)17-10-3-4-10)11-7-9(15)2-5-13(11)16-8/h2,5-7,10H,3-4H2,1H3,(H,17,18). The van der Waals surface area contributed by atoms with Crippen LogP contribution in [0.1, 0.15) is 28.9 Å². The molecule has 1 aromatic carbocycles. The minimum Gasteiger partial charge on any atom is -0.349 e. The predicted molar refractivity (Wildman–Crippen MR) is 66.9 cm³/mol. The minimum atomic E-state index is -0.353. The average Bonchev–Trinajstić information content (AvgIpc) is 3.12. The summed E-state index contributed by atoms with van der Waals surface area (Å²) >= 11 is 0. The molecule has 0 atom stereocenters. The molecule has 1 aliphatic carbocycles. The molecule has 0 bridgehead atoms. The van der Waals surface area contributed by atoms with Crippen molar-refractivity contribution in [2.75, 3.05) is 0 Å². The molecule has 1 saturated carbocycles. The number of amides is 1. The van der Waals surface area contributed by atoms with Gasteiger partial charge in [-0.05, 0) is 44.0 Å². The van der Waals surface area contributed by atoms with Crippen molar-refractivity contribution in [3.05, 3.63) is 41.3 Å². The van der Waals surface area contributed by atoms with E-state index in [9.17, 15) is 9.18 Å². The van der Waals surface area contributed by atoms with E-state index in [1.54, 1.807) is 12.1 Å². The van der Waals surface area contributed by atoms with E-state index in [4.69, 9.17) is 0 Å². The number of hydrogen-bond acceptors (Lipinski definition) is 2. The van der Waals surface area contributed by atoms with Crippen molar-refractivity contribution in [1.29, 1.82) is 0 Å². The summed E-state index contributed by atoms with van der Waals surface area (Å²) in [4.78, 5) is 16.4. The molecule has 3 rings (SSSR count). The van der Waals surface area contributed by atoms with Gasteiger partial charge in [0.1, 0.15) is 5.82 Å². The van der Waals surface area contributed by atoms with Gasteiger partial charge < -0.3 is 5.32 Å². The monoisotopic (exact) mass is 244 g/mol. The highest BCUT2D eigenvalue weighted by Gasteiger charge is 2.24. The van der Waals surface area contributed by atoms with Gasteiger partial charge in [0.15, 0.2) is 0 Å². The number of fused-ring (bicyclic) bond motifs is 1. The number of nitrogens with one attached hydrogen (secondary N) is 1. The van der Waals surface area contributed by atoms with Crippen molar-refractivity contribution < 1.29 is 9.18 Å². The maximum Gasteiger partial charge on any atom is 0.252 e. The summed E-state index contributed by atoms with van der Waals surface area (Å²) in [6.07, 6.45) is 2.06. The highest BCUT2D eigenvalue weighted by atomic mass is 19.1. The summed E-state index contributed by atoms with van der Waals surface area (Å²) in [6, 6.07) is 6.32. The van der Waals surface area contributed by atoms with Gasteiger partial charge >= 0.3 is 0 Å². The Morgan fingerprint density at radius 2 is 2.17 bits per heavy atom. The molecule has 1 heterocycles. The number of rotatable bonds is 2. The van der Waals surface area contributed by atoms with Gasteiger partial charge in [-0.1, -0.05) is 0 Å². The molecule has 1 fully saturated rings.